The highest BCUT2D eigenvalue weighted by Crippen LogP contribution is 2.25. The zero-order valence-electron chi connectivity index (χ0n) is 9.06. The predicted molar refractivity (Wildman–Crippen MR) is 62.1 cm³/mol. The maximum absolute atomic E-state index is 11.2. The second-order valence-electron chi connectivity index (χ2n) is 3.94. The molecular weight excluding hydrogens is 222 g/mol. The van der Waals surface area contributed by atoms with E-state index >= 15 is 0 Å². The molecule has 0 spiro atoms. The summed E-state index contributed by atoms with van der Waals surface area (Å²) in [6, 6.07) is 5.05. The number of hydrogen-bond donors (Lipinski definition) is 4. The first-order valence-corrected chi connectivity index (χ1v) is 5.23. The molecule has 0 aromatic heterocycles. The third-order valence-electron chi connectivity index (χ3n) is 2.74. The Morgan fingerprint density at radius 1 is 1.47 bits per heavy atom. The maximum Gasteiger partial charge on any atom is 0.404 e. The van der Waals surface area contributed by atoms with Crippen molar-refractivity contribution in [2.24, 2.45) is 5.73 Å². The van der Waals surface area contributed by atoms with Gasteiger partial charge in [0.15, 0.2) is 0 Å². The molecule has 0 saturated carbocycles. The van der Waals surface area contributed by atoms with E-state index in [2.05, 4.69) is 10.6 Å². The van der Waals surface area contributed by atoms with Crippen LogP contribution in [0.3, 0.4) is 0 Å². The van der Waals surface area contributed by atoms with Crippen molar-refractivity contribution in [2.75, 3.05) is 11.9 Å². The normalized spacial score (nSPS) is 17.8. The van der Waals surface area contributed by atoms with Crippen LogP contribution in [0, 0.1) is 0 Å². The number of anilines is 1. The number of carbonyl (C=O) groups is 2. The van der Waals surface area contributed by atoms with E-state index in [1.807, 2.05) is 6.07 Å². The highest BCUT2D eigenvalue weighted by atomic mass is 16.4. The molecule has 0 saturated heterocycles. The number of para-hydroxylation sites is 1. The lowest BCUT2D eigenvalue weighted by atomic mass is 9.96. The van der Waals surface area contributed by atoms with Gasteiger partial charge < -0.3 is 21.5 Å². The molecule has 0 fully saturated rings. The summed E-state index contributed by atoms with van der Waals surface area (Å²) in [6.07, 6.45) is -0.498. The monoisotopic (exact) mass is 235 g/mol. The fourth-order valence-electron chi connectivity index (χ4n) is 2.02. The standard InChI is InChI=1S/C11H13N3O3/c12-10(15)8-3-1-2-6-4-7(14-11(16)17)5-13-9(6)8/h1-3,7,13-14H,4-5H2,(H2,12,15)(H,16,17). The SMILES string of the molecule is NC(=O)c1cccc2c1NCC(NC(=O)O)C2. The Balaban J connectivity index is 2.25. The average Bonchev–Trinajstić information content (AvgIpc) is 2.26. The molecule has 1 aliphatic heterocycles. The Labute approximate surface area is 97.8 Å². The molecule has 90 valence electrons. The van der Waals surface area contributed by atoms with Gasteiger partial charge in [-0.25, -0.2) is 4.79 Å². The second-order valence-corrected chi connectivity index (χ2v) is 3.94. The Kier molecular flexibility index (Phi) is 2.86. The Morgan fingerprint density at radius 2 is 2.24 bits per heavy atom. The third kappa shape index (κ3) is 2.30. The van der Waals surface area contributed by atoms with E-state index in [1.54, 1.807) is 12.1 Å². The molecular formula is C11H13N3O3. The number of carboxylic acid groups (broad SMARTS) is 1. The molecule has 1 aromatic rings. The maximum atomic E-state index is 11.2. The molecule has 0 aliphatic carbocycles. The summed E-state index contributed by atoms with van der Waals surface area (Å²) < 4.78 is 0. The van der Waals surface area contributed by atoms with E-state index in [1.165, 1.54) is 0 Å². The summed E-state index contributed by atoms with van der Waals surface area (Å²) in [6.45, 7) is 0.448. The summed E-state index contributed by atoms with van der Waals surface area (Å²) in [5, 5.41) is 14.1. The van der Waals surface area contributed by atoms with Crippen molar-refractivity contribution in [2.45, 2.75) is 12.5 Å². The topological polar surface area (TPSA) is 104 Å². The highest BCUT2D eigenvalue weighted by Gasteiger charge is 2.22. The Bertz CT molecular complexity index is 473. The summed E-state index contributed by atoms with van der Waals surface area (Å²) in [5.41, 5.74) is 7.31. The minimum absolute atomic E-state index is 0.192. The molecule has 17 heavy (non-hydrogen) atoms. The number of primary amides is 1. The van der Waals surface area contributed by atoms with Gasteiger partial charge in [0.1, 0.15) is 0 Å². The first-order chi connectivity index (χ1) is 8.08. The number of nitrogens with one attached hydrogen (secondary N) is 2. The number of carbonyl (C=O) groups excluding carboxylic acids is 1. The van der Waals surface area contributed by atoms with Crippen LogP contribution in [-0.4, -0.2) is 29.7 Å². The van der Waals surface area contributed by atoms with Gasteiger partial charge in [0.2, 0.25) is 0 Å². The van der Waals surface area contributed by atoms with Gasteiger partial charge in [-0.1, -0.05) is 12.1 Å². The van der Waals surface area contributed by atoms with Gasteiger partial charge in [-0.2, -0.15) is 0 Å². The summed E-state index contributed by atoms with van der Waals surface area (Å²) in [5.74, 6) is -0.487. The van der Waals surface area contributed by atoms with Crippen LogP contribution in [0.25, 0.3) is 0 Å². The molecule has 2 amide bonds. The fraction of sp³-hybridized carbons (Fsp3) is 0.273. The van der Waals surface area contributed by atoms with Crippen molar-refractivity contribution >= 4 is 17.7 Å². The molecule has 6 heteroatoms. The van der Waals surface area contributed by atoms with Gasteiger partial charge in [0, 0.05) is 6.54 Å². The number of fused-ring (bicyclic) bond motifs is 1. The van der Waals surface area contributed by atoms with Gasteiger partial charge in [0.25, 0.3) is 5.91 Å². The Morgan fingerprint density at radius 3 is 2.88 bits per heavy atom. The number of hydrogen-bond acceptors (Lipinski definition) is 3. The highest BCUT2D eigenvalue weighted by molar-refractivity contribution is 5.99. The van der Waals surface area contributed by atoms with E-state index in [0.29, 0.717) is 24.2 Å². The van der Waals surface area contributed by atoms with E-state index in [9.17, 15) is 9.59 Å². The zero-order valence-corrected chi connectivity index (χ0v) is 9.06. The van der Waals surface area contributed by atoms with Crippen LogP contribution in [0.2, 0.25) is 0 Å². The quantitative estimate of drug-likeness (QED) is 0.595. The van der Waals surface area contributed by atoms with Crippen molar-refractivity contribution in [3.05, 3.63) is 29.3 Å². The van der Waals surface area contributed by atoms with Gasteiger partial charge in [-0.05, 0) is 18.1 Å². The zero-order chi connectivity index (χ0) is 12.4. The summed E-state index contributed by atoms with van der Waals surface area (Å²) >= 11 is 0. The average molecular weight is 235 g/mol. The van der Waals surface area contributed by atoms with Crippen LogP contribution in [0.15, 0.2) is 18.2 Å². The van der Waals surface area contributed by atoms with E-state index < -0.39 is 12.0 Å². The van der Waals surface area contributed by atoms with Crippen molar-refractivity contribution in [1.82, 2.24) is 5.32 Å². The lowest BCUT2D eigenvalue weighted by molar-refractivity contribution is 0.100. The van der Waals surface area contributed by atoms with Gasteiger partial charge >= 0.3 is 6.09 Å². The van der Waals surface area contributed by atoms with Crippen LogP contribution in [0.4, 0.5) is 10.5 Å². The number of rotatable bonds is 2. The Hall–Kier alpha value is -2.24. The molecule has 0 radical (unpaired) electrons. The molecule has 0 bridgehead atoms. The van der Waals surface area contributed by atoms with Crippen LogP contribution in [0.5, 0.6) is 0 Å². The van der Waals surface area contributed by atoms with Crippen molar-refractivity contribution in [3.8, 4) is 0 Å². The van der Waals surface area contributed by atoms with Crippen LogP contribution in [-0.2, 0) is 6.42 Å². The van der Waals surface area contributed by atoms with E-state index in [0.717, 1.165) is 5.56 Å². The number of nitrogens with two attached hydrogens (primary N) is 1. The van der Waals surface area contributed by atoms with Crippen LogP contribution in [0.1, 0.15) is 15.9 Å². The first kappa shape index (κ1) is 11.3. The lowest BCUT2D eigenvalue weighted by Crippen LogP contribution is -2.43. The first-order valence-electron chi connectivity index (χ1n) is 5.23. The second kappa shape index (κ2) is 4.32. The van der Waals surface area contributed by atoms with Gasteiger partial charge in [-0.3, -0.25) is 4.79 Å². The van der Waals surface area contributed by atoms with Gasteiger partial charge in [-0.15, -0.1) is 0 Å². The molecule has 6 nitrogen and oxygen atoms in total. The summed E-state index contributed by atoms with van der Waals surface area (Å²) in [7, 11) is 0. The van der Waals surface area contributed by atoms with Crippen LogP contribution < -0.4 is 16.4 Å². The third-order valence-corrected chi connectivity index (χ3v) is 2.74. The fourth-order valence-corrected chi connectivity index (χ4v) is 2.02. The molecule has 1 atom stereocenters. The van der Waals surface area contributed by atoms with E-state index in [-0.39, 0.29) is 6.04 Å². The van der Waals surface area contributed by atoms with Crippen molar-refractivity contribution < 1.29 is 14.7 Å². The molecule has 2 rings (SSSR count). The van der Waals surface area contributed by atoms with Gasteiger partial charge in [0.05, 0.1) is 17.3 Å². The molecule has 1 heterocycles. The van der Waals surface area contributed by atoms with Crippen LogP contribution >= 0.6 is 0 Å². The molecule has 5 N–H and O–H groups in total. The predicted octanol–water partition coefficient (Wildman–Crippen LogP) is 0.390. The van der Waals surface area contributed by atoms with Crippen molar-refractivity contribution in [1.29, 1.82) is 0 Å². The largest absolute Gasteiger partial charge is 0.465 e. The lowest BCUT2D eigenvalue weighted by Gasteiger charge is -2.27. The number of benzene rings is 1. The molecule has 1 unspecified atom stereocenters. The minimum Gasteiger partial charge on any atom is -0.465 e. The van der Waals surface area contributed by atoms with E-state index in [4.69, 9.17) is 10.8 Å². The number of amides is 2. The molecule has 1 aliphatic rings. The van der Waals surface area contributed by atoms with Crippen molar-refractivity contribution in [3.63, 3.8) is 0 Å². The summed E-state index contributed by atoms with van der Waals surface area (Å²) in [4.78, 5) is 21.7. The molecule has 1 aromatic carbocycles. The smallest absolute Gasteiger partial charge is 0.404 e. The minimum atomic E-state index is -1.05.